The Morgan fingerprint density at radius 1 is 0.422 bits per heavy atom. The van der Waals surface area contributed by atoms with E-state index in [1.54, 1.807) is 0 Å². The van der Waals surface area contributed by atoms with Crippen LogP contribution in [0.5, 0.6) is 0 Å². The number of benzene rings is 6. The van der Waals surface area contributed by atoms with E-state index >= 15 is 0 Å². The Morgan fingerprint density at radius 2 is 0.511 bits per heavy atom. The molecule has 36 heteroatoms. The first-order valence-corrected chi connectivity index (χ1v) is 54.2. The minimum absolute atomic E-state index is 0. The molecule has 0 atom stereocenters. The Labute approximate surface area is 596 Å². The van der Waals surface area contributed by atoms with Crippen LogP contribution >= 0.6 is 78.7 Å². The molecule has 0 saturated heterocycles. The molecule has 0 fully saturated rings. The topological polar surface area (TPSA) is 251 Å². The van der Waals surface area contributed by atoms with Crippen molar-refractivity contribution in [3.63, 3.8) is 0 Å². The molecule has 12 rings (SSSR count). The summed E-state index contributed by atoms with van der Waals surface area (Å²) in [6.45, 7) is 26.8. The van der Waals surface area contributed by atoms with Gasteiger partial charge in [-0.3, -0.25) is 0 Å². The van der Waals surface area contributed by atoms with E-state index < -0.39 is 30.5 Å². The number of thiocarbonyl (C=S) groups is 2. The second-order valence-electron chi connectivity index (χ2n) is 16.2. The zero-order valence-corrected chi connectivity index (χ0v) is 67.2. The average molecular weight is 2210 g/mol. The molecule has 6 heterocycles. The van der Waals surface area contributed by atoms with Crippen molar-refractivity contribution >= 4 is 184 Å². The number of para-hydroxylation sites is 12. The summed E-state index contributed by atoms with van der Waals surface area (Å²) < 4.78 is 83.5. The molecule has 0 spiro atoms. The fourth-order valence-corrected chi connectivity index (χ4v) is 7.04. The normalized spacial score (nSPS) is 12.9. The Morgan fingerprint density at radius 3 is 0.611 bits per heavy atom. The van der Waals surface area contributed by atoms with Gasteiger partial charge < -0.3 is 82.9 Å². The number of anilines is 12. The van der Waals surface area contributed by atoms with Crippen LogP contribution in [0.3, 0.4) is 0 Å². The van der Waals surface area contributed by atoms with Gasteiger partial charge in [-0.25, -0.2) is 25.4 Å². The van der Waals surface area contributed by atoms with Gasteiger partial charge in [0.05, 0.1) is 0 Å². The molecule has 19 nitrogen and oxygen atoms in total. The average Bonchev–Trinajstić information content (AvgIpc) is 1.67. The summed E-state index contributed by atoms with van der Waals surface area (Å²) in [6, 6.07) is 49.5. The summed E-state index contributed by atoms with van der Waals surface area (Å²) in [4.78, 5) is 0. The van der Waals surface area contributed by atoms with Gasteiger partial charge in [0.25, 0.3) is 0 Å². The second kappa shape index (κ2) is 51.0. The van der Waals surface area contributed by atoms with E-state index in [0.29, 0.717) is 0 Å². The van der Waals surface area contributed by atoms with Crippen molar-refractivity contribution < 1.29 is 94.3 Å². The van der Waals surface area contributed by atoms with Gasteiger partial charge in [0.15, 0.2) is 0 Å². The van der Waals surface area contributed by atoms with Crippen LogP contribution < -0.4 is 85.3 Å². The monoisotopic (exact) mass is 2210 g/mol. The fraction of sp³-hybridized carbons (Fsp3) is 0.167. The van der Waals surface area contributed by atoms with E-state index in [-0.39, 0.29) is 51.4 Å². The van der Waals surface area contributed by atoms with Gasteiger partial charge >= 0.3 is 135 Å². The van der Waals surface area contributed by atoms with E-state index in [1.807, 2.05) is 113 Å². The van der Waals surface area contributed by atoms with Crippen LogP contribution in [0.1, 0.15) is 60.8 Å². The molecule has 502 valence electrons. The van der Waals surface area contributed by atoms with Crippen LogP contribution in [-0.4, -0.2) is 37.3 Å². The molecule has 0 radical (unpaired) electrons. The number of fused-ring (bicyclic) bond motifs is 6. The fourth-order valence-electron chi connectivity index (χ4n) is 7.04. The minimum atomic E-state index is -9.19. The molecule has 0 aromatic heterocycles. The largest absolute Gasteiger partial charge is 4.00 e. The predicted octanol–water partition coefficient (Wildman–Crippen LogP) is 12.2. The number of rotatable bonds is 3. The molecule has 6 N–H and O–H groups in total. The summed E-state index contributed by atoms with van der Waals surface area (Å²) in [5, 5.41) is 55.9. The maximum Gasteiger partial charge on any atom is 4.00 e. The Bertz CT molecular complexity index is 2530. The molecule has 6 aliphatic heterocycles. The molecule has 6 aromatic carbocycles. The van der Waals surface area contributed by atoms with Gasteiger partial charge in [-0.2, -0.15) is 10.3 Å². The molecule has 0 saturated carbocycles. The maximum atomic E-state index is 9.91. The van der Waals surface area contributed by atoms with Gasteiger partial charge in [-0.15, -0.1) is 50.3 Å². The van der Waals surface area contributed by atoms with Crippen molar-refractivity contribution in [1.29, 1.82) is 0 Å². The molecule has 0 unspecified atom stereocenters. The maximum absolute atomic E-state index is 9.91. The second-order valence-corrected chi connectivity index (χ2v) is 43.2. The van der Waals surface area contributed by atoms with Crippen molar-refractivity contribution in [3.8, 4) is 0 Å². The molecule has 6 aliphatic rings. The van der Waals surface area contributed by atoms with Gasteiger partial charge in [-0.1, -0.05) is 158 Å². The Kier molecular flexibility index (Phi) is 51.4. The van der Waals surface area contributed by atoms with Crippen molar-refractivity contribution in [2.45, 2.75) is 60.8 Å². The third-order valence-electron chi connectivity index (χ3n) is 9.66. The van der Waals surface area contributed by atoms with E-state index in [2.05, 4.69) is 262 Å². The third kappa shape index (κ3) is 35.7. The van der Waals surface area contributed by atoms with Crippen LogP contribution in [0.2, 0.25) is 0 Å². The number of hydrazine groups is 3. The number of isothiocyanates is 2. The summed E-state index contributed by atoms with van der Waals surface area (Å²) in [5.41, 5.74) is 13.6. The number of hydrogen-bond donors (Lipinski definition) is 6. The summed E-state index contributed by atoms with van der Waals surface area (Å²) in [7, 11) is -4.94. The van der Waals surface area contributed by atoms with Crippen LogP contribution in [0.4, 0.5) is 82.3 Å². The van der Waals surface area contributed by atoms with Crippen molar-refractivity contribution in [2.24, 2.45) is 0 Å². The van der Waals surface area contributed by atoms with E-state index in [1.165, 1.54) is 29.6 Å². The van der Waals surface area contributed by atoms with Gasteiger partial charge in [-0.05, 0) is 72.8 Å². The van der Waals surface area contributed by atoms with Crippen molar-refractivity contribution in [3.05, 3.63) is 202 Å². The van der Waals surface area contributed by atoms with Crippen LogP contribution in [0, 0.1) is 50.3 Å². The summed E-state index contributed by atoms with van der Waals surface area (Å²) in [6.07, 6.45) is 3.75. The SMILES string of the molecule is C=[N-].CCC.CCC.CCC.[Br][Os][Br].[Br][Os][Br].[F-].[F][Sb]([F])([F])([F])[F].[N-]=C=S.[N-]=C=S.[O-][Cl+3]([O-])([O-])[O-].[Os+4].c1ccc2c(c1)N[CH-]N2N1[CH-]Nc2ccccc21.c1ccc2c(c1)N[CH-]N2N1[CH-]Nc2ccccc21.c1ccc2c(c1)N[CH-]N2N1[CH-]Nc2ccccc21. The molecule has 6 aromatic rings. The van der Waals surface area contributed by atoms with Crippen LogP contribution in [-0.2, 0) is 46.7 Å². The quantitative estimate of drug-likeness (QED) is 0.0317. The van der Waals surface area contributed by atoms with Gasteiger partial charge in [0.2, 0.25) is 0 Å². The minimum Gasteiger partial charge on any atom is -0.753 e. The first-order chi connectivity index (χ1) is 41.9. The molecule has 0 aliphatic carbocycles. The first kappa shape index (κ1) is 90.7. The Balaban J connectivity index is -0.00000100. The number of nitrogens with zero attached hydrogens (tertiary/aromatic N) is 9. The molecular weight excluding hydrogens is 2150 g/mol. The smallest absolute Gasteiger partial charge is 0.753 e. The summed E-state index contributed by atoms with van der Waals surface area (Å²) in [5.74, 6) is 0. The van der Waals surface area contributed by atoms with Crippen LogP contribution in [0.15, 0.2) is 146 Å². The number of nitrogens with one attached hydrogen (secondary N) is 6. The summed E-state index contributed by atoms with van der Waals surface area (Å²) >= 11 is 11.1. The van der Waals surface area contributed by atoms with E-state index in [0.717, 1.165) is 68.2 Å². The molecular formula is C54H62Br4ClF6N15O4Os3S2Sb-7. The number of hydrogen-bond acceptors (Lipinski definition) is 18. The predicted molar refractivity (Wildman–Crippen MR) is 358 cm³/mol. The van der Waals surface area contributed by atoms with Gasteiger partial charge in [0, 0.05) is 68.2 Å². The van der Waals surface area contributed by atoms with E-state index in [9.17, 15) is 14.1 Å². The van der Waals surface area contributed by atoms with Crippen molar-refractivity contribution in [2.75, 3.05) is 62.0 Å². The molecule has 0 amide bonds. The van der Waals surface area contributed by atoms with Gasteiger partial charge in [0.1, 0.15) is 0 Å². The van der Waals surface area contributed by atoms with Crippen molar-refractivity contribution in [1.82, 2.24) is 0 Å². The molecule has 0 bridgehead atoms. The van der Waals surface area contributed by atoms with E-state index in [4.69, 9.17) is 34.9 Å². The third-order valence-corrected chi connectivity index (χ3v) is 9.66. The standard InChI is InChI=1S/3C14H12N4.3C3H8.2CNS.CH2N.4BrH.ClHO4.6FH.3Os.Sb/c3*1-3-7-13-11(5-1)15-9-17(13)18-10-16-12-6-2-4-8-14(12)18;3*1-3-2;2*2-1-3;1-2;;;;;2-1(3,4)5;;;;;;;;;;/h3*1-10,15-16H;3*3H2,1-2H3;;;1H2;4*1H;(H,2,3,4,5);6*1H;;;;/q3*-2;;;;3*-1;;;;;;;;;;;;2*+2;+4;+5/p-11. The number of halogens is 11. The van der Waals surface area contributed by atoms with Crippen LogP contribution in [0.25, 0.3) is 16.2 Å². The zero-order valence-electron chi connectivity index (χ0n) is 48.3. The Hall–Kier alpha value is -3.45. The zero-order chi connectivity index (χ0) is 66.7. The first-order valence-electron chi connectivity index (χ1n) is 25.1. The molecule has 90 heavy (non-hydrogen) atoms.